The van der Waals surface area contributed by atoms with Gasteiger partial charge < -0.3 is 9.55 Å². The number of nitrogens with one attached hydrogen (secondary N) is 1. The van der Waals surface area contributed by atoms with E-state index in [-0.39, 0.29) is 22.9 Å². The minimum absolute atomic E-state index is 0.00450. The number of aryl methyl sites for hydroxylation is 1. The van der Waals surface area contributed by atoms with Crippen LogP contribution < -0.4 is 11.2 Å². The van der Waals surface area contributed by atoms with Gasteiger partial charge in [0.05, 0.1) is 6.54 Å². The molecule has 1 aromatic carbocycles. The summed E-state index contributed by atoms with van der Waals surface area (Å²) in [6, 6.07) is 7.64. The zero-order valence-electron chi connectivity index (χ0n) is 15.9. The van der Waals surface area contributed by atoms with Gasteiger partial charge in [-0.15, -0.1) is 0 Å². The van der Waals surface area contributed by atoms with Crippen LogP contribution in [0.15, 0.2) is 45.2 Å². The van der Waals surface area contributed by atoms with Crippen molar-refractivity contribution >= 4 is 31.9 Å². The highest BCUT2D eigenvalue weighted by Crippen LogP contribution is 2.15. The van der Waals surface area contributed by atoms with Crippen LogP contribution in [0.1, 0.15) is 5.56 Å². The van der Waals surface area contributed by atoms with Crippen LogP contribution in [0.25, 0.3) is 22.1 Å². The van der Waals surface area contributed by atoms with Gasteiger partial charge in [-0.25, -0.2) is 13.2 Å². The molecule has 0 bridgehead atoms. The normalized spacial score (nSPS) is 11.7. The standard InChI is InChI=1S/C19H17N5O4S/c1-22-15-16(21-18(22)29(3,27)28)24(19(26)23(2)17(15)25)10-4-5-12-6-7-13-8-9-20-14(13)11-12/h6-9,11,20H,10H2,1-3H3. The molecule has 0 spiro atoms. The van der Waals surface area contributed by atoms with E-state index in [4.69, 9.17) is 0 Å². The number of H-pyrrole nitrogens is 1. The lowest BCUT2D eigenvalue weighted by Gasteiger charge is -2.05. The van der Waals surface area contributed by atoms with E-state index in [1.165, 1.54) is 23.2 Å². The average molecular weight is 411 g/mol. The summed E-state index contributed by atoms with van der Waals surface area (Å²) in [6.45, 7) is -0.0492. The Morgan fingerprint density at radius 3 is 2.62 bits per heavy atom. The summed E-state index contributed by atoms with van der Waals surface area (Å²) in [5.74, 6) is 5.89. The molecule has 0 atom stereocenters. The summed E-state index contributed by atoms with van der Waals surface area (Å²) in [6.07, 6.45) is 2.83. The first-order valence-corrected chi connectivity index (χ1v) is 10.5. The summed E-state index contributed by atoms with van der Waals surface area (Å²) >= 11 is 0. The van der Waals surface area contributed by atoms with Gasteiger partial charge in [-0.2, -0.15) is 4.98 Å². The maximum atomic E-state index is 12.6. The molecular weight excluding hydrogens is 394 g/mol. The number of sulfone groups is 1. The molecular formula is C19H17N5O4S. The van der Waals surface area contributed by atoms with Crippen molar-refractivity contribution in [1.82, 2.24) is 23.7 Å². The van der Waals surface area contributed by atoms with Crippen molar-refractivity contribution < 1.29 is 8.42 Å². The van der Waals surface area contributed by atoms with Crippen LogP contribution in [-0.2, 0) is 30.5 Å². The number of benzene rings is 1. The lowest BCUT2D eigenvalue weighted by atomic mass is 10.2. The molecule has 3 aromatic heterocycles. The fourth-order valence-electron chi connectivity index (χ4n) is 3.23. The Balaban J connectivity index is 1.86. The second-order valence-corrected chi connectivity index (χ2v) is 8.62. The molecule has 1 N–H and O–H groups in total. The first-order chi connectivity index (χ1) is 13.7. The third-order valence-electron chi connectivity index (χ3n) is 4.67. The lowest BCUT2D eigenvalue weighted by Crippen LogP contribution is -2.38. The number of hydrogen-bond acceptors (Lipinski definition) is 5. The van der Waals surface area contributed by atoms with Gasteiger partial charge in [0, 0.05) is 37.6 Å². The van der Waals surface area contributed by atoms with Gasteiger partial charge in [0.25, 0.3) is 5.56 Å². The number of imidazole rings is 1. The maximum absolute atomic E-state index is 12.6. The number of rotatable bonds is 2. The number of fused-ring (bicyclic) bond motifs is 2. The van der Waals surface area contributed by atoms with Gasteiger partial charge in [-0.05, 0) is 23.6 Å². The second kappa shape index (κ2) is 6.49. The minimum atomic E-state index is -3.68. The average Bonchev–Trinajstić information content (AvgIpc) is 3.26. The number of nitrogens with zero attached hydrogens (tertiary/aromatic N) is 4. The van der Waals surface area contributed by atoms with Gasteiger partial charge in [-0.3, -0.25) is 13.9 Å². The molecule has 0 fully saturated rings. The molecule has 0 unspecified atom stereocenters. The topological polar surface area (TPSA) is 112 Å². The van der Waals surface area contributed by atoms with Crippen molar-refractivity contribution in [2.75, 3.05) is 6.26 Å². The summed E-state index contributed by atoms with van der Waals surface area (Å²) in [4.78, 5) is 32.3. The fourth-order valence-corrected chi connectivity index (χ4v) is 4.07. The predicted molar refractivity (Wildman–Crippen MR) is 109 cm³/mol. The fraction of sp³-hybridized carbons (Fsp3) is 0.211. The monoisotopic (exact) mass is 411 g/mol. The Kier molecular flexibility index (Phi) is 4.20. The molecule has 0 amide bonds. The van der Waals surface area contributed by atoms with Crippen LogP contribution in [0.4, 0.5) is 0 Å². The van der Waals surface area contributed by atoms with Crippen molar-refractivity contribution in [3.05, 3.63) is 56.9 Å². The Morgan fingerprint density at radius 2 is 1.90 bits per heavy atom. The van der Waals surface area contributed by atoms with Crippen LogP contribution in [0.5, 0.6) is 0 Å². The smallest absolute Gasteiger partial charge is 0.333 e. The Hall–Kier alpha value is -3.58. The molecule has 4 aromatic rings. The Bertz CT molecular complexity index is 1570. The molecule has 3 heterocycles. The molecule has 0 saturated heterocycles. The van der Waals surface area contributed by atoms with Gasteiger partial charge in [0.1, 0.15) is 0 Å². The highest BCUT2D eigenvalue weighted by atomic mass is 32.2. The Morgan fingerprint density at radius 1 is 1.14 bits per heavy atom. The van der Waals surface area contributed by atoms with E-state index in [2.05, 4.69) is 21.8 Å². The molecule has 0 aliphatic heterocycles. The molecule has 0 aliphatic rings. The van der Waals surface area contributed by atoms with E-state index in [1.54, 1.807) is 0 Å². The molecule has 0 saturated carbocycles. The van der Waals surface area contributed by atoms with E-state index >= 15 is 0 Å². The van der Waals surface area contributed by atoms with Crippen molar-refractivity contribution in [3.63, 3.8) is 0 Å². The zero-order chi connectivity index (χ0) is 20.9. The summed E-state index contributed by atoms with van der Waals surface area (Å²) < 4.78 is 27.3. The Labute approximate surface area is 165 Å². The largest absolute Gasteiger partial charge is 0.361 e. The predicted octanol–water partition coefficient (Wildman–Crippen LogP) is 0.370. The van der Waals surface area contributed by atoms with Crippen LogP contribution in [0.2, 0.25) is 0 Å². The van der Waals surface area contributed by atoms with Crippen LogP contribution in [0.3, 0.4) is 0 Å². The molecule has 4 rings (SSSR count). The van der Waals surface area contributed by atoms with E-state index in [9.17, 15) is 18.0 Å². The molecule has 29 heavy (non-hydrogen) atoms. The van der Waals surface area contributed by atoms with Crippen LogP contribution >= 0.6 is 0 Å². The quantitative estimate of drug-likeness (QED) is 0.479. The zero-order valence-corrected chi connectivity index (χ0v) is 16.7. The molecule has 10 heteroatoms. The van der Waals surface area contributed by atoms with Gasteiger partial charge >= 0.3 is 5.69 Å². The third kappa shape index (κ3) is 3.05. The van der Waals surface area contributed by atoms with E-state index in [0.29, 0.717) is 0 Å². The molecule has 9 nitrogen and oxygen atoms in total. The molecule has 0 radical (unpaired) electrons. The SMILES string of the molecule is Cn1c(=O)c2c(nc(S(C)(=O)=O)n2C)n(CC#Cc2ccc3cc[nH]c3c2)c1=O. The van der Waals surface area contributed by atoms with Crippen molar-refractivity contribution in [3.8, 4) is 11.8 Å². The number of hydrogen-bond donors (Lipinski definition) is 1. The summed E-state index contributed by atoms with van der Waals surface area (Å²) in [7, 11) is -0.921. The van der Waals surface area contributed by atoms with Crippen molar-refractivity contribution in [2.24, 2.45) is 14.1 Å². The van der Waals surface area contributed by atoms with Crippen LogP contribution in [0, 0.1) is 11.8 Å². The minimum Gasteiger partial charge on any atom is -0.361 e. The molecule has 0 aliphatic carbocycles. The van der Waals surface area contributed by atoms with Gasteiger partial charge in [0.2, 0.25) is 15.0 Å². The van der Waals surface area contributed by atoms with E-state index < -0.39 is 21.1 Å². The molecule has 148 valence electrons. The van der Waals surface area contributed by atoms with Crippen molar-refractivity contribution in [2.45, 2.75) is 11.7 Å². The first kappa shape index (κ1) is 18.8. The van der Waals surface area contributed by atoms with Gasteiger partial charge in [0.15, 0.2) is 11.2 Å². The summed E-state index contributed by atoms with van der Waals surface area (Å²) in [5, 5.41) is 0.780. The van der Waals surface area contributed by atoms with Crippen LogP contribution in [-0.4, -0.2) is 38.3 Å². The second-order valence-electron chi connectivity index (χ2n) is 6.71. The third-order valence-corrected chi connectivity index (χ3v) is 5.70. The highest BCUT2D eigenvalue weighted by Gasteiger charge is 2.23. The van der Waals surface area contributed by atoms with Crippen molar-refractivity contribution in [1.29, 1.82) is 0 Å². The number of aromatic amines is 1. The van der Waals surface area contributed by atoms with E-state index in [0.717, 1.165) is 27.3 Å². The van der Waals surface area contributed by atoms with Gasteiger partial charge in [-0.1, -0.05) is 17.9 Å². The highest BCUT2D eigenvalue weighted by molar-refractivity contribution is 7.90. The lowest BCUT2D eigenvalue weighted by molar-refractivity contribution is 0.586. The van der Waals surface area contributed by atoms with E-state index in [1.807, 2.05) is 30.5 Å². The summed E-state index contributed by atoms with van der Waals surface area (Å²) in [5.41, 5.74) is 0.497. The number of aromatic nitrogens is 5. The first-order valence-electron chi connectivity index (χ1n) is 8.61. The maximum Gasteiger partial charge on any atom is 0.333 e.